The summed E-state index contributed by atoms with van der Waals surface area (Å²) in [5, 5.41) is 3.18. The number of carbonyl (C=O) groups excluding carboxylic acids is 1. The fraction of sp³-hybridized carbons (Fsp3) is 0.462. The number of carbonyl (C=O) groups is 1. The molecule has 1 aromatic carbocycles. The van der Waals surface area contributed by atoms with Gasteiger partial charge in [-0.1, -0.05) is 0 Å². The lowest BCUT2D eigenvalue weighted by molar-refractivity contribution is 0.0600. The van der Waals surface area contributed by atoms with Crippen molar-refractivity contribution in [1.82, 2.24) is 10.0 Å². The van der Waals surface area contributed by atoms with Gasteiger partial charge >= 0.3 is 5.97 Å². The van der Waals surface area contributed by atoms with Gasteiger partial charge in [-0.25, -0.2) is 17.9 Å². The van der Waals surface area contributed by atoms with Crippen LogP contribution in [0, 0.1) is 0 Å². The second kappa shape index (κ2) is 7.74. The minimum atomic E-state index is -3.54. The topological polar surface area (TPSA) is 84.5 Å². The minimum absolute atomic E-state index is 0. The maximum atomic E-state index is 12.2. The molecule has 0 atom stereocenters. The van der Waals surface area contributed by atoms with Gasteiger partial charge in [-0.15, -0.1) is 12.4 Å². The Labute approximate surface area is 130 Å². The number of esters is 1. The van der Waals surface area contributed by atoms with E-state index in [9.17, 15) is 13.2 Å². The number of nitrogens with one attached hydrogen (secondary N) is 2. The Balaban J connectivity index is 0.00000220. The third-order valence-corrected chi connectivity index (χ3v) is 4.78. The van der Waals surface area contributed by atoms with Crippen molar-refractivity contribution in [2.45, 2.75) is 23.8 Å². The van der Waals surface area contributed by atoms with Crippen molar-refractivity contribution in [2.75, 3.05) is 20.2 Å². The molecule has 2 rings (SSSR count). The van der Waals surface area contributed by atoms with Crippen molar-refractivity contribution in [1.29, 1.82) is 0 Å². The van der Waals surface area contributed by atoms with Crippen LogP contribution in [-0.2, 0) is 14.8 Å². The van der Waals surface area contributed by atoms with E-state index in [1.165, 1.54) is 31.4 Å². The molecule has 0 radical (unpaired) electrons. The highest BCUT2D eigenvalue weighted by atomic mass is 35.5. The van der Waals surface area contributed by atoms with E-state index >= 15 is 0 Å². The van der Waals surface area contributed by atoms with Crippen molar-refractivity contribution >= 4 is 28.4 Å². The monoisotopic (exact) mass is 334 g/mol. The second-order valence-corrected chi connectivity index (χ2v) is 6.38. The summed E-state index contributed by atoms with van der Waals surface area (Å²) in [5.74, 6) is -0.486. The standard InChI is InChI=1S/C13H18N2O4S.ClH/c1-19-13(16)10-2-4-12(5-3-10)20(17,18)15-11-6-8-14-9-7-11;/h2-5,11,14-15H,6-9H2,1H3;1H. The summed E-state index contributed by atoms with van der Waals surface area (Å²) < 4.78 is 31.7. The largest absolute Gasteiger partial charge is 0.465 e. The van der Waals surface area contributed by atoms with Crippen molar-refractivity contribution in [2.24, 2.45) is 0 Å². The lowest BCUT2D eigenvalue weighted by Crippen LogP contribution is -2.42. The number of rotatable bonds is 4. The molecule has 0 bridgehead atoms. The Morgan fingerprint density at radius 2 is 1.81 bits per heavy atom. The molecule has 0 saturated carbocycles. The van der Waals surface area contributed by atoms with Gasteiger partial charge in [0.05, 0.1) is 17.6 Å². The molecule has 1 aromatic rings. The molecule has 0 aliphatic carbocycles. The van der Waals surface area contributed by atoms with E-state index < -0.39 is 16.0 Å². The highest BCUT2D eigenvalue weighted by Gasteiger charge is 2.21. The first-order chi connectivity index (χ1) is 9.53. The third kappa shape index (κ3) is 4.67. The fourth-order valence-electron chi connectivity index (χ4n) is 2.12. The van der Waals surface area contributed by atoms with Crippen LogP contribution >= 0.6 is 12.4 Å². The van der Waals surface area contributed by atoms with E-state index in [1.807, 2.05) is 0 Å². The van der Waals surface area contributed by atoms with Crippen molar-refractivity contribution in [3.05, 3.63) is 29.8 Å². The van der Waals surface area contributed by atoms with Crippen LogP contribution in [0.4, 0.5) is 0 Å². The summed E-state index contributed by atoms with van der Waals surface area (Å²) in [4.78, 5) is 11.5. The van der Waals surface area contributed by atoms with Crippen molar-refractivity contribution in [3.63, 3.8) is 0 Å². The normalized spacial score (nSPS) is 16.0. The highest BCUT2D eigenvalue weighted by molar-refractivity contribution is 7.89. The number of benzene rings is 1. The van der Waals surface area contributed by atoms with Crippen LogP contribution in [0.2, 0.25) is 0 Å². The van der Waals surface area contributed by atoms with Gasteiger partial charge in [0.2, 0.25) is 10.0 Å². The smallest absolute Gasteiger partial charge is 0.337 e. The van der Waals surface area contributed by atoms with Gasteiger partial charge in [-0.05, 0) is 50.2 Å². The zero-order chi connectivity index (χ0) is 14.6. The molecular formula is C13H19ClN2O4S. The van der Waals surface area contributed by atoms with Crippen LogP contribution in [0.1, 0.15) is 23.2 Å². The summed E-state index contributed by atoms with van der Waals surface area (Å²) in [6.45, 7) is 1.63. The molecule has 1 aliphatic rings. The fourth-order valence-corrected chi connectivity index (χ4v) is 3.42. The predicted molar refractivity (Wildman–Crippen MR) is 81.2 cm³/mol. The van der Waals surface area contributed by atoms with E-state index in [-0.39, 0.29) is 23.3 Å². The lowest BCUT2D eigenvalue weighted by Gasteiger charge is -2.23. The number of hydrogen-bond donors (Lipinski definition) is 2. The second-order valence-electron chi connectivity index (χ2n) is 4.66. The van der Waals surface area contributed by atoms with Crippen molar-refractivity contribution in [3.8, 4) is 0 Å². The van der Waals surface area contributed by atoms with Crippen LogP contribution in [0.15, 0.2) is 29.2 Å². The van der Waals surface area contributed by atoms with E-state index in [0.717, 1.165) is 25.9 Å². The summed E-state index contributed by atoms with van der Waals surface area (Å²) >= 11 is 0. The lowest BCUT2D eigenvalue weighted by atomic mass is 10.1. The Morgan fingerprint density at radius 1 is 1.24 bits per heavy atom. The molecule has 0 amide bonds. The van der Waals surface area contributed by atoms with E-state index in [2.05, 4.69) is 14.8 Å². The van der Waals surface area contributed by atoms with Gasteiger partial charge in [-0.2, -0.15) is 0 Å². The van der Waals surface area contributed by atoms with E-state index in [4.69, 9.17) is 0 Å². The number of ether oxygens (including phenoxy) is 1. The average Bonchev–Trinajstić information content (AvgIpc) is 2.47. The summed E-state index contributed by atoms with van der Waals surface area (Å²) in [6.07, 6.45) is 1.55. The highest BCUT2D eigenvalue weighted by Crippen LogP contribution is 2.13. The number of piperidine rings is 1. The quantitative estimate of drug-likeness (QED) is 0.800. The van der Waals surface area contributed by atoms with Crippen molar-refractivity contribution < 1.29 is 17.9 Å². The summed E-state index contributed by atoms with van der Waals surface area (Å²) in [5.41, 5.74) is 0.327. The van der Waals surface area contributed by atoms with E-state index in [0.29, 0.717) is 5.56 Å². The molecule has 21 heavy (non-hydrogen) atoms. The van der Waals surface area contributed by atoms with Gasteiger partial charge in [0.25, 0.3) is 0 Å². The summed E-state index contributed by atoms with van der Waals surface area (Å²) in [6, 6.07) is 5.68. The molecule has 0 aromatic heterocycles. The summed E-state index contributed by atoms with van der Waals surface area (Å²) in [7, 11) is -2.26. The first-order valence-electron chi connectivity index (χ1n) is 6.44. The molecule has 2 N–H and O–H groups in total. The van der Waals surface area contributed by atoms with E-state index in [1.54, 1.807) is 0 Å². The van der Waals surface area contributed by atoms with Gasteiger partial charge in [0.15, 0.2) is 0 Å². The molecule has 6 nitrogen and oxygen atoms in total. The molecule has 0 spiro atoms. The van der Waals surface area contributed by atoms with Gasteiger partial charge in [0.1, 0.15) is 0 Å². The molecule has 1 aliphatic heterocycles. The Kier molecular flexibility index (Phi) is 6.60. The number of sulfonamides is 1. The van der Waals surface area contributed by atoms with Gasteiger partial charge in [-0.3, -0.25) is 0 Å². The average molecular weight is 335 g/mol. The SMILES string of the molecule is COC(=O)c1ccc(S(=O)(=O)NC2CCNCC2)cc1.Cl. The van der Waals surface area contributed by atoms with Gasteiger partial charge in [0, 0.05) is 6.04 Å². The maximum Gasteiger partial charge on any atom is 0.337 e. The zero-order valence-corrected chi connectivity index (χ0v) is 13.3. The molecule has 1 fully saturated rings. The third-order valence-electron chi connectivity index (χ3n) is 3.25. The molecule has 1 heterocycles. The Hall–Kier alpha value is -1.15. The Bertz CT molecular complexity index is 568. The minimum Gasteiger partial charge on any atom is -0.465 e. The van der Waals surface area contributed by atoms with Crippen LogP contribution in [0.5, 0.6) is 0 Å². The molecule has 0 unspecified atom stereocenters. The zero-order valence-electron chi connectivity index (χ0n) is 11.7. The molecule has 118 valence electrons. The number of hydrogen-bond acceptors (Lipinski definition) is 5. The van der Waals surface area contributed by atoms with Crippen LogP contribution in [0.25, 0.3) is 0 Å². The maximum absolute atomic E-state index is 12.2. The number of methoxy groups -OCH3 is 1. The molecule has 1 saturated heterocycles. The molecule has 8 heteroatoms. The van der Waals surface area contributed by atoms with Gasteiger partial charge < -0.3 is 10.1 Å². The first kappa shape index (κ1) is 17.9. The molecular weight excluding hydrogens is 316 g/mol. The van der Waals surface area contributed by atoms with Crippen LogP contribution in [-0.4, -0.2) is 40.6 Å². The number of halogens is 1. The predicted octanol–water partition coefficient (Wildman–Crippen LogP) is 0.925. The Morgan fingerprint density at radius 3 is 2.33 bits per heavy atom. The van der Waals surface area contributed by atoms with Crippen LogP contribution in [0.3, 0.4) is 0 Å². The van der Waals surface area contributed by atoms with Crippen LogP contribution < -0.4 is 10.0 Å². The first-order valence-corrected chi connectivity index (χ1v) is 7.92.